The van der Waals surface area contributed by atoms with E-state index >= 15 is 0 Å². The Labute approximate surface area is 149 Å². The lowest BCUT2D eigenvalue weighted by atomic mass is 9.91. The molecule has 134 valence electrons. The Hall–Kier alpha value is -1.88. The summed E-state index contributed by atoms with van der Waals surface area (Å²) < 4.78 is 2.37. The summed E-state index contributed by atoms with van der Waals surface area (Å²) in [6.45, 7) is 5.66. The van der Waals surface area contributed by atoms with Gasteiger partial charge in [0.25, 0.3) is 0 Å². The molecule has 25 heavy (non-hydrogen) atoms. The van der Waals surface area contributed by atoms with E-state index < -0.39 is 0 Å². The average molecular weight is 340 g/mol. The molecule has 2 aromatic rings. The van der Waals surface area contributed by atoms with E-state index in [9.17, 15) is 4.79 Å². The predicted molar refractivity (Wildman–Crippen MR) is 99.3 cm³/mol. The first kappa shape index (κ1) is 16.6. The van der Waals surface area contributed by atoms with Crippen LogP contribution in [0.2, 0.25) is 0 Å². The number of carbonyl (C=O) groups excluding carboxylic acids is 1. The van der Waals surface area contributed by atoms with Crippen LogP contribution >= 0.6 is 0 Å². The van der Waals surface area contributed by atoms with E-state index in [1.807, 2.05) is 0 Å². The van der Waals surface area contributed by atoms with Crippen molar-refractivity contribution in [1.29, 1.82) is 0 Å². The van der Waals surface area contributed by atoms with Crippen molar-refractivity contribution >= 4 is 16.9 Å². The molecule has 1 aromatic heterocycles. The Morgan fingerprint density at radius 3 is 2.84 bits per heavy atom. The van der Waals surface area contributed by atoms with Gasteiger partial charge in [-0.15, -0.1) is 0 Å². The number of para-hydroxylation sites is 2. The Balaban J connectivity index is 1.68. The van der Waals surface area contributed by atoms with Gasteiger partial charge in [-0.25, -0.2) is 4.98 Å². The number of fused-ring (bicyclic) bond motifs is 1. The zero-order valence-corrected chi connectivity index (χ0v) is 15.1. The van der Waals surface area contributed by atoms with Crippen LogP contribution in [0.4, 0.5) is 0 Å². The van der Waals surface area contributed by atoms with Gasteiger partial charge in [0.2, 0.25) is 5.91 Å². The van der Waals surface area contributed by atoms with Crippen molar-refractivity contribution in [3.8, 4) is 0 Å². The summed E-state index contributed by atoms with van der Waals surface area (Å²) in [5.41, 5.74) is 1.98. The standard InChI is InChI=1S/C20H28N4O/c1-2-3-13-24-17-9-5-4-8-16(17)22-18(24)15-23-14-12-21-19(25)20(23)10-6-7-11-20/h4-5,8-9H,2-3,6-7,10-15H2,1H3,(H,21,25). The second-order valence-corrected chi connectivity index (χ2v) is 7.44. The molecule has 0 atom stereocenters. The van der Waals surface area contributed by atoms with Crippen LogP contribution in [-0.2, 0) is 17.9 Å². The molecular weight excluding hydrogens is 312 g/mol. The molecule has 5 heteroatoms. The van der Waals surface area contributed by atoms with Gasteiger partial charge >= 0.3 is 0 Å². The molecule has 1 aliphatic carbocycles. The van der Waals surface area contributed by atoms with E-state index in [1.165, 1.54) is 11.9 Å². The molecule has 0 radical (unpaired) electrons. The third kappa shape index (κ3) is 2.84. The number of aromatic nitrogens is 2. The van der Waals surface area contributed by atoms with Crippen molar-refractivity contribution in [1.82, 2.24) is 19.8 Å². The maximum atomic E-state index is 12.7. The summed E-state index contributed by atoms with van der Waals surface area (Å²) >= 11 is 0. The highest BCUT2D eigenvalue weighted by molar-refractivity contribution is 5.87. The highest BCUT2D eigenvalue weighted by Crippen LogP contribution is 2.38. The lowest BCUT2D eigenvalue weighted by Crippen LogP contribution is -2.63. The van der Waals surface area contributed by atoms with Gasteiger partial charge in [0.05, 0.1) is 17.6 Å². The van der Waals surface area contributed by atoms with Crippen molar-refractivity contribution < 1.29 is 4.79 Å². The van der Waals surface area contributed by atoms with Crippen molar-refractivity contribution in [3.63, 3.8) is 0 Å². The highest BCUT2D eigenvalue weighted by atomic mass is 16.2. The van der Waals surface area contributed by atoms with Crippen LogP contribution in [0.25, 0.3) is 11.0 Å². The number of rotatable bonds is 5. The van der Waals surface area contributed by atoms with E-state index in [2.05, 4.69) is 46.0 Å². The Morgan fingerprint density at radius 1 is 1.24 bits per heavy atom. The van der Waals surface area contributed by atoms with Crippen molar-refractivity contribution in [2.24, 2.45) is 0 Å². The number of imidazole rings is 1. The molecular formula is C20H28N4O. The summed E-state index contributed by atoms with van der Waals surface area (Å²) in [5, 5.41) is 3.10. The largest absolute Gasteiger partial charge is 0.353 e. The highest BCUT2D eigenvalue weighted by Gasteiger charge is 2.48. The molecule has 0 unspecified atom stereocenters. The fourth-order valence-electron chi connectivity index (χ4n) is 4.54. The number of hydrogen-bond donors (Lipinski definition) is 1. The molecule has 2 aliphatic rings. The number of nitrogens with one attached hydrogen (secondary N) is 1. The summed E-state index contributed by atoms with van der Waals surface area (Å²) in [5.74, 6) is 1.34. The topological polar surface area (TPSA) is 50.2 Å². The number of piperazine rings is 1. The van der Waals surface area contributed by atoms with Crippen LogP contribution in [0.5, 0.6) is 0 Å². The van der Waals surface area contributed by atoms with E-state index in [1.54, 1.807) is 0 Å². The summed E-state index contributed by atoms with van der Waals surface area (Å²) in [4.78, 5) is 20.0. The minimum atomic E-state index is -0.300. The maximum Gasteiger partial charge on any atom is 0.240 e. The molecule has 2 fully saturated rings. The van der Waals surface area contributed by atoms with Gasteiger partial charge in [-0.1, -0.05) is 38.3 Å². The number of hydrogen-bond acceptors (Lipinski definition) is 3. The van der Waals surface area contributed by atoms with Crippen LogP contribution in [0.3, 0.4) is 0 Å². The van der Waals surface area contributed by atoms with Crippen LogP contribution in [0.1, 0.15) is 51.3 Å². The molecule has 2 heterocycles. The SMILES string of the molecule is CCCCn1c(CN2CCNC(=O)C23CCCC3)nc2ccccc21. The van der Waals surface area contributed by atoms with Crippen LogP contribution in [-0.4, -0.2) is 39.0 Å². The maximum absolute atomic E-state index is 12.7. The van der Waals surface area contributed by atoms with E-state index in [-0.39, 0.29) is 11.4 Å². The molecule has 1 saturated heterocycles. The van der Waals surface area contributed by atoms with E-state index in [4.69, 9.17) is 4.98 Å². The van der Waals surface area contributed by atoms with Crippen molar-refractivity contribution in [3.05, 3.63) is 30.1 Å². The second-order valence-electron chi connectivity index (χ2n) is 7.44. The molecule has 4 rings (SSSR count). The molecule has 1 aliphatic heterocycles. The van der Waals surface area contributed by atoms with E-state index in [0.29, 0.717) is 0 Å². The number of unbranched alkanes of at least 4 members (excludes halogenated alkanes) is 1. The third-order valence-electron chi connectivity index (χ3n) is 5.93. The minimum absolute atomic E-state index is 0.229. The normalized spacial score (nSPS) is 20.4. The fraction of sp³-hybridized carbons (Fsp3) is 0.600. The molecule has 0 bridgehead atoms. The molecule has 1 saturated carbocycles. The first-order valence-electron chi connectivity index (χ1n) is 9.72. The first-order chi connectivity index (χ1) is 12.2. The van der Waals surface area contributed by atoms with Gasteiger partial charge in [0, 0.05) is 19.6 Å². The monoisotopic (exact) mass is 340 g/mol. The van der Waals surface area contributed by atoms with Gasteiger partial charge in [-0.2, -0.15) is 0 Å². The summed E-state index contributed by atoms with van der Waals surface area (Å²) in [6, 6.07) is 8.39. The Bertz CT molecular complexity index is 760. The first-order valence-corrected chi connectivity index (χ1v) is 9.72. The Morgan fingerprint density at radius 2 is 2.04 bits per heavy atom. The number of nitrogens with zero attached hydrogens (tertiary/aromatic N) is 3. The molecule has 1 aromatic carbocycles. The zero-order valence-electron chi connectivity index (χ0n) is 15.1. The van der Waals surface area contributed by atoms with Gasteiger partial charge < -0.3 is 9.88 Å². The number of carbonyl (C=O) groups is 1. The van der Waals surface area contributed by atoms with E-state index in [0.717, 1.165) is 69.6 Å². The zero-order chi connectivity index (χ0) is 17.3. The lowest BCUT2D eigenvalue weighted by Gasteiger charge is -2.43. The molecule has 1 spiro atoms. The molecule has 1 amide bonds. The molecule has 1 N–H and O–H groups in total. The lowest BCUT2D eigenvalue weighted by molar-refractivity contribution is -0.137. The average Bonchev–Trinajstić information content (AvgIpc) is 3.23. The van der Waals surface area contributed by atoms with Gasteiger partial charge in [0.15, 0.2) is 0 Å². The summed E-state index contributed by atoms with van der Waals surface area (Å²) in [7, 11) is 0. The Kier molecular flexibility index (Phi) is 4.50. The van der Waals surface area contributed by atoms with Crippen LogP contribution in [0.15, 0.2) is 24.3 Å². The van der Waals surface area contributed by atoms with Gasteiger partial charge in [0.1, 0.15) is 11.4 Å². The number of benzene rings is 1. The van der Waals surface area contributed by atoms with Gasteiger partial charge in [-0.3, -0.25) is 9.69 Å². The third-order valence-corrected chi connectivity index (χ3v) is 5.93. The second kappa shape index (κ2) is 6.79. The fourth-order valence-corrected chi connectivity index (χ4v) is 4.54. The predicted octanol–water partition coefficient (Wildman–Crippen LogP) is 3.08. The number of aryl methyl sites for hydroxylation is 1. The summed E-state index contributed by atoms with van der Waals surface area (Å²) in [6.07, 6.45) is 6.58. The van der Waals surface area contributed by atoms with Crippen molar-refractivity contribution in [2.75, 3.05) is 13.1 Å². The quantitative estimate of drug-likeness (QED) is 0.910. The van der Waals surface area contributed by atoms with Crippen LogP contribution in [0, 0.1) is 0 Å². The van der Waals surface area contributed by atoms with Gasteiger partial charge in [-0.05, 0) is 31.4 Å². The number of amides is 1. The smallest absolute Gasteiger partial charge is 0.240 e. The molecule has 5 nitrogen and oxygen atoms in total. The van der Waals surface area contributed by atoms with Crippen LogP contribution < -0.4 is 5.32 Å². The minimum Gasteiger partial charge on any atom is -0.353 e. The van der Waals surface area contributed by atoms with Crippen molar-refractivity contribution in [2.45, 2.75) is 64.1 Å².